The van der Waals surface area contributed by atoms with E-state index in [1.807, 2.05) is 10.8 Å². The zero-order chi connectivity index (χ0) is 16.0. The largest absolute Gasteiger partial charge is 0.465 e. The summed E-state index contributed by atoms with van der Waals surface area (Å²) in [5.41, 5.74) is 0.398. The summed E-state index contributed by atoms with van der Waals surface area (Å²) < 4.78 is 29.0. The molecular formula is C12H13BrN2O5S. The van der Waals surface area contributed by atoms with Gasteiger partial charge in [-0.15, -0.1) is 0 Å². The molecule has 1 unspecified atom stereocenters. The molecule has 9 heteroatoms. The predicted molar refractivity (Wildman–Crippen MR) is 80.9 cm³/mol. The number of benzene rings is 1. The molecule has 0 aliphatic carbocycles. The van der Waals surface area contributed by atoms with Gasteiger partial charge in [-0.25, -0.2) is 4.79 Å². The number of carbonyl (C=O) groups is 1. The maximum atomic E-state index is 11.3. The van der Waals surface area contributed by atoms with Crippen molar-refractivity contribution in [1.29, 1.82) is 0 Å². The lowest BCUT2D eigenvalue weighted by Gasteiger charge is -2.22. The average Bonchev–Trinajstić information content (AvgIpc) is 2.38. The Kier molecular flexibility index (Phi) is 6.02. The van der Waals surface area contributed by atoms with Gasteiger partial charge in [-0.05, 0) is 31.0 Å². The molecule has 0 fully saturated rings. The number of hydrogen-bond donors (Lipinski definition) is 2. The van der Waals surface area contributed by atoms with Crippen LogP contribution in [-0.4, -0.2) is 32.7 Å². The lowest BCUT2D eigenvalue weighted by Crippen LogP contribution is -2.36. The minimum Gasteiger partial charge on any atom is -0.465 e. The second-order valence-corrected chi connectivity index (χ2v) is 6.20. The summed E-state index contributed by atoms with van der Waals surface area (Å²) >= 11 is 3.25. The van der Waals surface area contributed by atoms with Gasteiger partial charge < -0.3 is 9.29 Å². The highest BCUT2D eigenvalue weighted by Gasteiger charge is 2.20. The highest BCUT2D eigenvalue weighted by molar-refractivity contribution is 9.10. The molecule has 21 heavy (non-hydrogen) atoms. The second kappa shape index (κ2) is 7.31. The molecule has 0 aromatic heterocycles. The van der Waals surface area contributed by atoms with Gasteiger partial charge in [0.05, 0.1) is 0 Å². The first-order valence-electron chi connectivity index (χ1n) is 5.67. The van der Waals surface area contributed by atoms with Crippen molar-refractivity contribution in [3.8, 4) is 12.0 Å². The highest BCUT2D eigenvalue weighted by atomic mass is 79.9. The number of halogens is 1. The number of rotatable bonds is 4. The number of hydrogen-bond acceptors (Lipinski definition) is 4. The van der Waals surface area contributed by atoms with Crippen molar-refractivity contribution in [2.75, 3.05) is 11.9 Å². The van der Waals surface area contributed by atoms with Crippen LogP contribution in [0.15, 0.2) is 28.7 Å². The Bertz CT molecular complexity index is 680. The number of amides is 1. The van der Waals surface area contributed by atoms with E-state index in [9.17, 15) is 18.3 Å². The van der Waals surface area contributed by atoms with Gasteiger partial charge in [0.15, 0.2) is 0 Å². The quantitative estimate of drug-likeness (QED) is 0.780. The first kappa shape index (κ1) is 17.3. The first-order valence-corrected chi connectivity index (χ1v) is 7.87. The van der Waals surface area contributed by atoms with Crippen molar-refractivity contribution in [2.45, 2.75) is 13.0 Å². The summed E-state index contributed by atoms with van der Waals surface area (Å²) in [5, 5.41) is 9.26. The SMILES string of the molecule is CNS(=O)(=O)OC#CC(C)N(C(=O)O)c1cccc(Br)c1. The highest BCUT2D eigenvalue weighted by Crippen LogP contribution is 2.21. The minimum absolute atomic E-state index is 0.398. The van der Waals surface area contributed by atoms with E-state index in [-0.39, 0.29) is 0 Å². The number of carboxylic acid groups (broad SMARTS) is 1. The monoisotopic (exact) mass is 376 g/mol. The van der Waals surface area contributed by atoms with Crippen LogP contribution >= 0.6 is 15.9 Å². The summed E-state index contributed by atoms with van der Waals surface area (Å²) in [6.45, 7) is 1.51. The van der Waals surface area contributed by atoms with Crippen molar-refractivity contribution in [2.24, 2.45) is 0 Å². The molecule has 1 rings (SSSR count). The number of nitrogens with zero attached hydrogens (tertiary/aromatic N) is 1. The standard InChI is InChI=1S/C12H13BrN2O5S/c1-9(6-7-20-21(18,19)14-2)15(12(16)17)11-5-3-4-10(13)8-11/h3-5,8-9,14H,1-2H3,(H,16,17). The smallest absolute Gasteiger partial charge is 0.412 e. The van der Waals surface area contributed by atoms with Gasteiger partial charge in [0.2, 0.25) is 0 Å². The molecule has 1 aromatic carbocycles. The van der Waals surface area contributed by atoms with Crippen molar-refractivity contribution < 1.29 is 22.5 Å². The van der Waals surface area contributed by atoms with Crippen LogP contribution in [0, 0.1) is 12.0 Å². The van der Waals surface area contributed by atoms with Crippen molar-refractivity contribution in [3.63, 3.8) is 0 Å². The molecule has 0 saturated carbocycles. The van der Waals surface area contributed by atoms with Gasteiger partial charge in [0, 0.05) is 17.2 Å². The van der Waals surface area contributed by atoms with E-state index in [1.165, 1.54) is 14.0 Å². The maximum absolute atomic E-state index is 11.3. The molecule has 0 spiro atoms. The lowest BCUT2D eigenvalue weighted by molar-refractivity contribution is 0.201. The molecule has 7 nitrogen and oxygen atoms in total. The average molecular weight is 377 g/mol. The normalized spacial score (nSPS) is 12.0. The van der Waals surface area contributed by atoms with Gasteiger partial charge in [-0.3, -0.25) is 4.90 Å². The lowest BCUT2D eigenvalue weighted by atomic mass is 10.2. The maximum Gasteiger partial charge on any atom is 0.412 e. The fourth-order valence-corrected chi connectivity index (χ4v) is 2.02. The van der Waals surface area contributed by atoms with E-state index in [2.05, 4.69) is 26.0 Å². The molecular weight excluding hydrogens is 364 g/mol. The molecule has 0 radical (unpaired) electrons. The Balaban J connectivity index is 2.97. The predicted octanol–water partition coefficient (Wildman–Crippen LogP) is 1.76. The zero-order valence-electron chi connectivity index (χ0n) is 11.2. The molecule has 0 saturated heterocycles. The third kappa shape index (κ3) is 5.26. The summed E-state index contributed by atoms with van der Waals surface area (Å²) in [7, 11) is -2.76. The van der Waals surface area contributed by atoms with Crippen molar-refractivity contribution in [3.05, 3.63) is 28.7 Å². The van der Waals surface area contributed by atoms with Crippen LogP contribution in [0.2, 0.25) is 0 Å². The molecule has 114 valence electrons. The van der Waals surface area contributed by atoms with Crippen LogP contribution in [0.5, 0.6) is 0 Å². The van der Waals surface area contributed by atoms with E-state index in [4.69, 9.17) is 0 Å². The third-order valence-corrected chi connectivity index (χ3v) is 3.64. The first-order chi connectivity index (χ1) is 9.76. The fourth-order valence-electron chi connectivity index (χ4n) is 1.40. The molecule has 1 atom stereocenters. The minimum atomic E-state index is -3.93. The zero-order valence-corrected chi connectivity index (χ0v) is 13.6. The van der Waals surface area contributed by atoms with Gasteiger partial charge in [-0.2, -0.15) is 13.1 Å². The van der Waals surface area contributed by atoms with Gasteiger partial charge >= 0.3 is 16.4 Å². The van der Waals surface area contributed by atoms with E-state index >= 15 is 0 Å². The van der Waals surface area contributed by atoms with E-state index in [1.54, 1.807) is 24.3 Å². The van der Waals surface area contributed by atoms with E-state index in [0.29, 0.717) is 10.2 Å². The van der Waals surface area contributed by atoms with Gasteiger partial charge in [0.25, 0.3) is 0 Å². The molecule has 2 N–H and O–H groups in total. The molecule has 1 aromatic rings. The molecule has 0 aliphatic rings. The molecule has 0 bridgehead atoms. The Hall–Kier alpha value is -1.76. The van der Waals surface area contributed by atoms with Crippen molar-refractivity contribution in [1.82, 2.24) is 4.72 Å². The summed E-state index contributed by atoms with van der Waals surface area (Å²) in [6.07, 6.45) is 0.763. The second-order valence-electron chi connectivity index (χ2n) is 3.80. The Morgan fingerprint density at radius 1 is 1.52 bits per heavy atom. The van der Waals surface area contributed by atoms with Crippen LogP contribution in [0.3, 0.4) is 0 Å². The number of anilines is 1. The molecule has 0 aliphatic heterocycles. The Labute approximate surface area is 131 Å². The third-order valence-electron chi connectivity index (χ3n) is 2.35. The molecule has 1 amide bonds. The topological polar surface area (TPSA) is 95.9 Å². The summed E-state index contributed by atoms with van der Waals surface area (Å²) in [4.78, 5) is 12.3. The Morgan fingerprint density at radius 3 is 2.71 bits per heavy atom. The van der Waals surface area contributed by atoms with Crippen LogP contribution < -0.4 is 9.62 Å². The fraction of sp³-hybridized carbons (Fsp3) is 0.250. The van der Waals surface area contributed by atoms with Gasteiger partial charge in [0.1, 0.15) is 12.1 Å². The summed E-state index contributed by atoms with van der Waals surface area (Å²) in [5.74, 6) is 2.41. The van der Waals surface area contributed by atoms with Crippen LogP contribution in [-0.2, 0) is 14.5 Å². The van der Waals surface area contributed by atoms with Gasteiger partial charge in [-0.1, -0.05) is 22.0 Å². The van der Waals surface area contributed by atoms with E-state index < -0.39 is 22.4 Å². The Morgan fingerprint density at radius 2 is 2.19 bits per heavy atom. The summed E-state index contributed by atoms with van der Waals surface area (Å²) in [6, 6.07) is 5.84. The molecule has 0 heterocycles. The van der Waals surface area contributed by atoms with E-state index in [0.717, 1.165) is 4.90 Å². The van der Waals surface area contributed by atoms with Crippen LogP contribution in [0.4, 0.5) is 10.5 Å². The van der Waals surface area contributed by atoms with Crippen molar-refractivity contribution >= 4 is 38.0 Å². The van der Waals surface area contributed by atoms with Crippen LogP contribution in [0.25, 0.3) is 0 Å². The van der Waals surface area contributed by atoms with Crippen LogP contribution in [0.1, 0.15) is 6.92 Å². The number of nitrogens with one attached hydrogen (secondary N) is 1.